The van der Waals surface area contributed by atoms with Crippen LogP contribution in [0.1, 0.15) is 17.3 Å². The molecule has 2 N–H and O–H groups in total. The normalized spacial score (nSPS) is 28.6. The van der Waals surface area contributed by atoms with Crippen LogP contribution in [0.15, 0.2) is 10.5 Å². The molecule has 1 saturated heterocycles. The zero-order chi connectivity index (χ0) is 10.3. The van der Waals surface area contributed by atoms with Gasteiger partial charge in [-0.25, -0.2) is 0 Å². The Morgan fingerprint density at radius 2 is 2.43 bits per heavy atom. The minimum Gasteiger partial charge on any atom is -0.326 e. The highest BCUT2D eigenvalue weighted by Gasteiger charge is 2.31. The van der Waals surface area contributed by atoms with E-state index in [1.54, 1.807) is 11.3 Å². The summed E-state index contributed by atoms with van der Waals surface area (Å²) in [5, 5.41) is 0. The van der Waals surface area contributed by atoms with Gasteiger partial charge in [0.05, 0.1) is 6.04 Å². The number of halogens is 2. The second-order valence-electron chi connectivity index (χ2n) is 3.65. The van der Waals surface area contributed by atoms with E-state index in [2.05, 4.69) is 33.9 Å². The van der Waals surface area contributed by atoms with Crippen molar-refractivity contribution in [3.8, 4) is 0 Å². The molecule has 0 bridgehead atoms. The summed E-state index contributed by atoms with van der Waals surface area (Å²) in [6.45, 7) is 1.07. The molecule has 2 atom stereocenters. The number of thiophene rings is 1. The van der Waals surface area contributed by atoms with Gasteiger partial charge in [0.15, 0.2) is 0 Å². The number of rotatable bonds is 1. The molecule has 2 heterocycles. The van der Waals surface area contributed by atoms with E-state index in [9.17, 15) is 0 Å². The third kappa shape index (κ3) is 1.86. The standard InChI is InChI=1S/C9H12BrClN2S/c1-13-3-2-6(12)8(13)7-4-5(10)9(11)14-7/h4,6,8H,2-3,12H2,1H3. The summed E-state index contributed by atoms with van der Waals surface area (Å²) in [5.41, 5.74) is 6.07. The van der Waals surface area contributed by atoms with E-state index < -0.39 is 0 Å². The zero-order valence-corrected chi connectivity index (χ0v) is 11.0. The van der Waals surface area contributed by atoms with Gasteiger partial charge in [0, 0.05) is 21.9 Å². The van der Waals surface area contributed by atoms with Gasteiger partial charge >= 0.3 is 0 Å². The van der Waals surface area contributed by atoms with Gasteiger partial charge in [0.2, 0.25) is 0 Å². The lowest BCUT2D eigenvalue weighted by atomic mass is 10.1. The average Bonchev–Trinajstić information content (AvgIpc) is 2.59. The fraction of sp³-hybridized carbons (Fsp3) is 0.556. The van der Waals surface area contributed by atoms with Crippen LogP contribution < -0.4 is 5.73 Å². The Kier molecular flexibility index (Phi) is 3.19. The molecular weight excluding hydrogens is 284 g/mol. The summed E-state index contributed by atoms with van der Waals surface area (Å²) in [6.07, 6.45) is 1.06. The number of likely N-dealkylation sites (tertiary alicyclic amines) is 1. The maximum absolute atomic E-state index is 6.07. The molecule has 2 rings (SSSR count). The molecule has 78 valence electrons. The molecule has 1 aliphatic rings. The monoisotopic (exact) mass is 294 g/mol. The SMILES string of the molecule is CN1CCC(N)C1c1cc(Br)c(Cl)s1. The number of nitrogens with two attached hydrogens (primary N) is 1. The molecule has 0 radical (unpaired) electrons. The summed E-state index contributed by atoms with van der Waals surface area (Å²) in [4.78, 5) is 3.55. The van der Waals surface area contributed by atoms with E-state index in [0.717, 1.165) is 21.8 Å². The molecule has 2 unspecified atom stereocenters. The molecule has 1 aromatic rings. The fourth-order valence-corrected chi connectivity index (χ4v) is 3.89. The van der Waals surface area contributed by atoms with Crippen LogP contribution in [0, 0.1) is 0 Å². The Hall–Kier alpha value is 0.390. The van der Waals surface area contributed by atoms with E-state index in [1.165, 1.54) is 4.88 Å². The van der Waals surface area contributed by atoms with Crippen molar-refractivity contribution in [1.29, 1.82) is 0 Å². The van der Waals surface area contributed by atoms with Crippen LogP contribution in [-0.4, -0.2) is 24.5 Å². The highest BCUT2D eigenvalue weighted by molar-refractivity contribution is 9.10. The minimum atomic E-state index is 0.238. The van der Waals surface area contributed by atoms with E-state index in [1.807, 2.05) is 0 Å². The third-order valence-electron chi connectivity index (χ3n) is 2.65. The van der Waals surface area contributed by atoms with Gasteiger partial charge in [-0.15, -0.1) is 11.3 Å². The van der Waals surface area contributed by atoms with Gasteiger partial charge in [0.1, 0.15) is 4.34 Å². The van der Waals surface area contributed by atoms with Crippen LogP contribution in [0.5, 0.6) is 0 Å². The van der Waals surface area contributed by atoms with Crippen molar-refractivity contribution >= 4 is 38.9 Å². The van der Waals surface area contributed by atoms with Gasteiger partial charge in [-0.3, -0.25) is 4.90 Å². The lowest BCUT2D eigenvalue weighted by Crippen LogP contribution is -2.28. The van der Waals surface area contributed by atoms with Crippen LogP contribution in [0.3, 0.4) is 0 Å². The lowest BCUT2D eigenvalue weighted by Gasteiger charge is -2.20. The quantitative estimate of drug-likeness (QED) is 0.863. The summed E-state index contributed by atoms with van der Waals surface area (Å²) in [5.74, 6) is 0. The number of hydrogen-bond acceptors (Lipinski definition) is 3. The minimum absolute atomic E-state index is 0.238. The van der Waals surface area contributed by atoms with Gasteiger partial charge in [-0.05, 0) is 35.5 Å². The molecule has 1 fully saturated rings. The molecule has 14 heavy (non-hydrogen) atoms. The number of nitrogens with zero attached hydrogens (tertiary/aromatic N) is 1. The van der Waals surface area contributed by atoms with Crippen LogP contribution in [0.25, 0.3) is 0 Å². The van der Waals surface area contributed by atoms with E-state index in [0.29, 0.717) is 6.04 Å². The van der Waals surface area contributed by atoms with E-state index in [-0.39, 0.29) is 6.04 Å². The first-order valence-corrected chi connectivity index (χ1v) is 6.49. The molecule has 0 spiro atoms. The molecule has 2 nitrogen and oxygen atoms in total. The largest absolute Gasteiger partial charge is 0.326 e. The topological polar surface area (TPSA) is 29.3 Å². The van der Waals surface area contributed by atoms with Crippen LogP contribution in [0.2, 0.25) is 4.34 Å². The van der Waals surface area contributed by atoms with Crippen molar-refractivity contribution < 1.29 is 0 Å². The molecule has 0 amide bonds. The summed E-state index contributed by atoms with van der Waals surface area (Å²) < 4.78 is 1.79. The molecule has 0 aromatic carbocycles. The Morgan fingerprint density at radius 1 is 1.71 bits per heavy atom. The lowest BCUT2D eigenvalue weighted by molar-refractivity contribution is 0.308. The number of hydrogen-bond donors (Lipinski definition) is 1. The van der Waals surface area contributed by atoms with Crippen molar-refractivity contribution in [3.05, 3.63) is 19.8 Å². The summed E-state index contributed by atoms with van der Waals surface area (Å²) in [7, 11) is 2.11. The van der Waals surface area contributed by atoms with Crippen molar-refractivity contribution in [2.75, 3.05) is 13.6 Å². The van der Waals surface area contributed by atoms with Crippen molar-refractivity contribution in [3.63, 3.8) is 0 Å². The zero-order valence-electron chi connectivity index (χ0n) is 7.84. The number of likely N-dealkylation sites (N-methyl/N-ethyl adjacent to an activating group) is 1. The highest BCUT2D eigenvalue weighted by Crippen LogP contribution is 2.40. The van der Waals surface area contributed by atoms with Crippen molar-refractivity contribution in [2.45, 2.75) is 18.5 Å². The van der Waals surface area contributed by atoms with Gasteiger partial charge in [0.25, 0.3) is 0 Å². The maximum Gasteiger partial charge on any atom is 0.107 e. The Morgan fingerprint density at radius 3 is 2.86 bits per heavy atom. The van der Waals surface area contributed by atoms with Gasteiger partial charge in [-0.2, -0.15) is 0 Å². The van der Waals surface area contributed by atoms with Crippen molar-refractivity contribution in [2.24, 2.45) is 5.73 Å². The molecule has 5 heteroatoms. The predicted octanol–water partition coefficient (Wildman–Crippen LogP) is 2.87. The van der Waals surface area contributed by atoms with Crippen LogP contribution >= 0.6 is 38.9 Å². The van der Waals surface area contributed by atoms with Gasteiger partial charge in [-0.1, -0.05) is 11.6 Å². The smallest absolute Gasteiger partial charge is 0.107 e. The Bertz CT molecular complexity index is 312. The first-order valence-electron chi connectivity index (χ1n) is 4.50. The Labute approximate surface area is 101 Å². The first-order chi connectivity index (χ1) is 6.59. The second kappa shape index (κ2) is 4.10. The van der Waals surface area contributed by atoms with Gasteiger partial charge < -0.3 is 5.73 Å². The van der Waals surface area contributed by atoms with Crippen LogP contribution in [-0.2, 0) is 0 Å². The fourth-order valence-electron chi connectivity index (χ4n) is 1.91. The molecule has 0 aliphatic carbocycles. The molecule has 1 aliphatic heterocycles. The van der Waals surface area contributed by atoms with Crippen LogP contribution in [0.4, 0.5) is 0 Å². The van der Waals surface area contributed by atoms with E-state index in [4.69, 9.17) is 17.3 Å². The molecule has 1 aromatic heterocycles. The average molecular weight is 296 g/mol. The molecule has 0 saturated carbocycles. The summed E-state index contributed by atoms with van der Waals surface area (Å²) in [6, 6.07) is 2.66. The van der Waals surface area contributed by atoms with Crippen molar-refractivity contribution in [1.82, 2.24) is 4.90 Å². The Balaban J connectivity index is 2.29. The second-order valence-corrected chi connectivity index (χ2v) is 6.19. The van der Waals surface area contributed by atoms with E-state index >= 15 is 0 Å². The first kappa shape index (κ1) is 10.9. The highest BCUT2D eigenvalue weighted by atomic mass is 79.9. The third-order valence-corrected chi connectivity index (χ3v) is 5.20. The maximum atomic E-state index is 6.07. The summed E-state index contributed by atoms with van der Waals surface area (Å²) >= 11 is 11.1. The predicted molar refractivity (Wildman–Crippen MR) is 65.0 cm³/mol. The molecular formula is C9H12BrClN2S.